The number of nitrogens with zero attached hydrogens (tertiary/aromatic N) is 3. The van der Waals surface area contributed by atoms with E-state index in [1.165, 1.54) is 30.3 Å². The fourth-order valence-electron chi connectivity index (χ4n) is 2.51. The van der Waals surface area contributed by atoms with Gasteiger partial charge in [0.1, 0.15) is 5.15 Å². The Morgan fingerprint density at radius 1 is 1.32 bits per heavy atom. The molecule has 25 heavy (non-hydrogen) atoms. The van der Waals surface area contributed by atoms with Crippen LogP contribution in [0.5, 0.6) is 5.88 Å². The molecule has 1 aromatic carbocycles. The monoisotopic (exact) mass is 490 g/mol. The number of carbonyl (C=O) groups is 1. The standard InChI is InChI=1S/C16H10ClF2N3O2.Pr/c17-13-4-10(5-14(23)21-13)11-2-1-9(6-20)3-12(11)15(24)22-7-16(18,19)8-22;/h1-5H,7-8H2,(H,21,23);. The largest absolute Gasteiger partial charge is 0.493 e. The number of pyridine rings is 1. The third-order valence-corrected chi connectivity index (χ3v) is 3.80. The van der Waals surface area contributed by atoms with Crippen molar-refractivity contribution in [1.82, 2.24) is 9.88 Å². The Morgan fingerprint density at radius 3 is 2.56 bits per heavy atom. The van der Waals surface area contributed by atoms with Crippen molar-refractivity contribution in [3.8, 4) is 23.1 Å². The number of amides is 1. The summed E-state index contributed by atoms with van der Waals surface area (Å²) in [5, 5.41) is 18.6. The van der Waals surface area contributed by atoms with Crippen molar-refractivity contribution in [2.75, 3.05) is 13.1 Å². The SMILES string of the molecule is N#Cc1ccc(-c2cc(O)nc(Cl)c2)c(C(=O)N2CC(F)(F)C2)c1.[Pr]. The smallest absolute Gasteiger partial charge is 0.282 e. The third kappa shape index (κ3) is 4.25. The van der Waals surface area contributed by atoms with Crippen LogP contribution in [-0.4, -0.2) is 39.9 Å². The Hall–Kier alpha value is -1.36. The van der Waals surface area contributed by atoms with E-state index in [1.54, 1.807) is 0 Å². The second kappa shape index (κ2) is 7.49. The Labute approximate surface area is 180 Å². The number of halogens is 3. The van der Waals surface area contributed by atoms with E-state index >= 15 is 0 Å². The maximum absolute atomic E-state index is 13.0. The molecular formula is C16H10ClF2N3O2Pr. The quantitative estimate of drug-likeness (QED) is 0.657. The Morgan fingerprint density at radius 2 is 2.00 bits per heavy atom. The van der Waals surface area contributed by atoms with Crippen LogP contribution >= 0.6 is 11.6 Å². The van der Waals surface area contributed by atoms with Gasteiger partial charge >= 0.3 is 0 Å². The zero-order valence-electron chi connectivity index (χ0n) is 12.7. The molecule has 2 aromatic rings. The number of hydrogen-bond donors (Lipinski definition) is 1. The van der Waals surface area contributed by atoms with E-state index in [0.717, 1.165) is 4.90 Å². The molecule has 0 bridgehead atoms. The number of nitriles is 1. The van der Waals surface area contributed by atoms with Crippen LogP contribution in [0.2, 0.25) is 5.15 Å². The zero-order valence-corrected chi connectivity index (χ0v) is 17.2. The summed E-state index contributed by atoms with van der Waals surface area (Å²) in [7, 11) is 0. The van der Waals surface area contributed by atoms with E-state index in [4.69, 9.17) is 16.9 Å². The molecule has 3 rings (SSSR count). The van der Waals surface area contributed by atoms with Crippen LogP contribution in [0.15, 0.2) is 30.3 Å². The average Bonchev–Trinajstić information content (AvgIpc) is 2.50. The van der Waals surface area contributed by atoms with E-state index in [1.807, 2.05) is 6.07 Å². The minimum atomic E-state index is -2.89. The molecule has 1 radical (unpaired) electrons. The number of likely N-dealkylation sites (tertiary alicyclic amines) is 1. The van der Waals surface area contributed by atoms with E-state index in [2.05, 4.69) is 4.98 Å². The van der Waals surface area contributed by atoms with E-state index in [9.17, 15) is 18.7 Å². The van der Waals surface area contributed by atoms with Crippen molar-refractivity contribution in [1.29, 1.82) is 5.26 Å². The van der Waals surface area contributed by atoms with Gasteiger partial charge in [-0.25, -0.2) is 13.8 Å². The molecule has 2 heterocycles. The number of benzene rings is 1. The predicted molar refractivity (Wildman–Crippen MR) is 81.9 cm³/mol. The summed E-state index contributed by atoms with van der Waals surface area (Å²) in [5.41, 5.74) is 1.08. The van der Waals surface area contributed by atoms with E-state index in [0.29, 0.717) is 11.1 Å². The van der Waals surface area contributed by atoms with Gasteiger partial charge in [-0.15, -0.1) is 0 Å². The summed E-state index contributed by atoms with van der Waals surface area (Å²) < 4.78 is 26.1. The minimum absolute atomic E-state index is 0. The molecule has 1 amide bonds. The Kier molecular flexibility index (Phi) is 5.98. The van der Waals surface area contributed by atoms with Gasteiger partial charge in [0.25, 0.3) is 11.8 Å². The maximum Gasteiger partial charge on any atom is 0.282 e. The van der Waals surface area contributed by atoms with Gasteiger partial charge < -0.3 is 10.0 Å². The number of alkyl halides is 2. The second-order valence-electron chi connectivity index (χ2n) is 5.43. The number of rotatable bonds is 2. The first-order valence-electron chi connectivity index (χ1n) is 6.87. The molecule has 1 aliphatic heterocycles. The van der Waals surface area contributed by atoms with Gasteiger partial charge in [0.05, 0.1) is 24.7 Å². The van der Waals surface area contributed by atoms with Crippen molar-refractivity contribution < 1.29 is 60.0 Å². The summed E-state index contributed by atoms with van der Waals surface area (Å²) in [6.07, 6.45) is 0. The minimum Gasteiger partial charge on any atom is -0.493 e. The van der Waals surface area contributed by atoms with Crippen LogP contribution in [0.1, 0.15) is 15.9 Å². The van der Waals surface area contributed by atoms with Crippen molar-refractivity contribution in [2.24, 2.45) is 0 Å². The van der Waals surface area contributed by atoms with Crippen LogP contribution < -0.4 is 0 Å². The topological polar surface area (TPSA) is 77.2 Å². The third-order valence-electron chi connectivity index (χ3n) is 3.60. The number of hydrogen-bond acceptors (Lipinski definition) is 4. The molecule has 5 nitrogen and oxygen atoms in total. The predicted octanol–water partition coefficient (Wildman–Crippen LogP) is 3.07. The first kappa shape index (κ1) is 20.0. The normalized spacial score (nSPS) is 14.9. The molecule has 0 spiro atoms. The van der Waals surface area contributed by atoms with Crippen LogP contribution in [0.25, 0.3) is 11.1 Å². The molecule has 1 saturated heterocycles. The van der Waals surface area contributed by atoms with Crippen molar-refractivity contribution in [2.45, 2.75) is 5.92 Å². The van der Waals surface area contributed by atoms with E-state index in [-0.39, 0.29) is 63.5 Å². The van der Waals surface area contributed by atoms with Gasteiger partial charge in [0.15, 0.2) is 0 Å². The molecule has 9 heteroatoms. The molecular weight excluding hydrogens is 481 g/mol. The molecule has 1 fully saturated rings. The van der Waals surface area contributed by atoms with Gasteiger partial charge in [0.2, 0.25) is 5.88 Å². The average molecular weight is 491 g/mol. The number of aromatic nitrogens is 1. The molecule has 0 saturated carbocycles. The van der Waals surface area contributed by atoms with Gasteiger partial charge in [-0.1, -0.05) is 17.7 Å². The van der Waals surface area contributed by atoms with Gasteiger partial charge in [-0.05, 0) is 29.3 Å². The molecule has 0 atom stereocenters. The molecule has 1 aromatic heterocycles. The second-order valence-corrected chi connectivity index (χ2v) is 5.81. The van der Waals surface area contributed by atoms with Gasteiger partial charge in [-0.2, -0.15) is 5.26 Å². The van der Waals surface area contributed by atoms with Crippen LogP contribution in [-0.2, 0) is 0 Å². The summed E-state index contributed by atoms with van der Waals surface area (Å²) in [4.78, 5) is 17.1. The maximum atomic E-state index is 13.0. The summed E-state index contributed by atoms with van der Waals surface area (Å²) in [6.45, 7) is -1.32. The number of carbonyl (C=O) groups excluding carboxylic acids is 1. The number of aromatic hydroxyl groups is 1. The Balaban J connectivity index is 0.00000225. The molecule has 125 valence electrons. The first-order chi connectivity index (χ1) is 11.3. The van der Waals surface area contributed by atoms with Crippen molar-refractivity contribution >= 4 is 17.5 Å². The molecule has 0 unspecified atom stereocenters. The summed E-state index contributed by atoms with van der Waals surface area (Å²) >= 11 is 5.81. The molecule has 1 aliphatic rings. The zero-order chi connectivity index (χ0) is 17.5. The van der Waals surface area contributed by atoms with Crippen molar-refractivity contribution in [3.05, 3.63) is 46.6 Å². The van der Waals surface area contributed by atoms with Crippen molar-refractivity contribution in [3.63, 3.8) is 0 Å². The van der Waals surface area contributed by atoms with Gasteiger partial charge in [0, 0.05) is 52.9 Å². The van der Waals surface area contributed by atoms with E-state index < -0.39 is 24.9 Å². The molecule has 1 N–H and O–H groups in total. The van der Waals surface area contributed by atoms with Crippen LogP contribution in [0.3, 0.4) is 0 Å². The Bertz CT molecular complexity index is 858. The summed E-state index contributed by atoms with van der Waals surface area (Å²) in [6, 6.07) is 8.97. The fourth-order valence-corrected chi connectivity index (χ4v) is 2.71. The fraction of sp³-hybridized carbons (Fsp3) is 0.188. The molecule has 0 aliphatic carbocycles. The summed E-state index contributed by atoms with van der Waals surface area (Å²) in [5.74, 6) is -3.84. The van der Waals surface area contributed by atoms with Crippen LogP contribution in [0, 0.1) is 52.6 Å². The van der Waals surface area contributed by atoms with Gasteiger partial charge in [-0.3, -0.25) is 4.79 Å². The van der Waals surface area contributed by atoms with Crippen LogP contribution in [0.4, 0.5) is 8.78 Å². The first-order valence-corrected chi connectivity index (χ1v) is 7.25.